The second-order valence-electron chi connectivity index (χ2n) is 3.08. The Morgan fingerprint density at radius 3 is 3.29 bits per heavy atom. The first-order chi connectivity index (χ1) is 6.75. The third-order valence-corrected chi connectivity index (χ3v) is 2.85. The third kappa shape index (κ3) is 2.08. The van der Waals surface area contributed by atoms with Crippen LogP contribution >= 0.6 is 11.8 Å². The van der Waals surface area contributed by atoms with E-state index in [1.54, 1.807) is 24.8 Å². The van der Waals surface area contributed by atoms with Crippen molar-refractivity contribution in [2.75, 3.05) is 16.9 Å². The van der Waals surface area contributed by atoms with Gasteiger partial charge < -0.3 is 9.84 Å². The lowest BCUT2D eigenvalue weighted by atomic mass is 10.3. The van der Waals surface area contributed by atoms with Gasteiger partial charge in [-0.3, -0.25) is 10.1 Å². The molecule has 0 unspecified atom stereocenters. The Labute approximate surface area is 85.6 Å². The summed E-state index contributed by atoms with van der Waals surface area (Å²) in [6.45, 7) is 1.78. The molecule has 1 atom stereocenters. The number of hydrogen-bond acceptors (Lipinski definition) is 5. The highest BCUT2D eigenvalue weighted by molar-refractivity contribution is 7.99. The zero-order valence-corrected chi connectivity index (χ0v) is 8.56. The molecule has 5 nitrogen and oxygen atoms in total. The van der Waals surface area contributed by atoms with Gasteiger partial charge in [0.1, 0.15) is 5.76 Å². The van der Waals surface area contributed by atoms with Crippen molar-refractivity contribution < 1.29 is 9.32 Å². The van der Waals surface area contributed by atoms with E-state index < -0.39 is 0 Å². The number of aromatic nitrogens is 1. The number of nitrogens with zero attached hydrogens (tertiary/aromatic N) is 1. The summed E-state index contributed by atoms with van der Waals surface area (Å²) in [5.41, 5.74) is 0. The number of nitrogens with one attached hydrogen (secondary N) is 2. The number of anilines is 1. The Hall–Kier alpha value is -1.01. The number of carbonyl (C=O) groups excluding carboxylic acids is 1. The van der Waals surface area contributed by atoms with Crippen molar-refractivity contribution in [2.24, 2.45) is 0 Å². The van der Waals surface area contributed by atoms with Crippen LogP contribution in [0, 0.1) is 6.92 Å². The van der Waals surface area contributed by atoms with Gasteiger partial charge in [-0.05, 0) is 6.92 Å². The van der Waals surface area contributed by atoms with Crippen molar-refractivity contribution in [3.05, 3.63) is 11.8 Å². The van der Waals surface area contributed by atoms with Crippen molar-refractivity contribution in [1.29, 1.82) is 0 Å². The lowest BCUT2D eigenvalue weighted by Gasteiger charge is -2.07. The van der Waals surface area contributed by atoms with Gasteiger partial charge in [0.25, 0.3) is 0 Å². The SMILES string of the molecule is Cc1cc(NC(=O)[C@H]2CSCN2)no1. The molecule has 1 aromatic heterocycles. The van der Waals surface area contributed by atoms with Crippen molar-refractivity contribution in [3.63, 3.8) is 0 Å². The quantitative estimate of drug-likeness (QED) is 0.752. The average molecular weight is 213 g/mol. The van der Waals surface area contributed by atoms with E-state index in [1.807, 2.05) is 0 Å². The average Bonchev–Trinajstić information content (AvgIpc) is 2.75. The molecule has 6 heteroatoms. The Bertz CT molecular complexity index is 333. The van der Waals surface area contributed by atoms with Crippen LogP contribution in [0.2, 0.25) is 0 Å². The molecule has 2 N–H and O–H groups in total. The van der Waals surface area contributed by atoms with Gasteiger partial charge in [0, 0.05) is 17.7 Å². The van der Waals surface area contributed by atoms with E-state index in [0.717, 1.165) is 11.6 Å². The maximum absolute atomic E-state index is 11.6. The Kier molecular flexibility index (Phi) is 2.74. The first-order valence-corrected chi connectivity index (χ1v) is 5.46. The fourth-order valence-electron chi connectivity index (χ4n) is 1.20. The summed E-state index contributed by atoms with van der Waals surface area (Å²) >= 11 is 1.71. The number of carbonyl (C=O) groups is 1. The molecule has 0 aromatic carbocycles. The maximum atomic E-state index is 11.6. The van der Waals surface area contributed by atoms with Crippen LogP contribution in [0.5, 0.6) is 0 Å². The smallest absolute Gasteiger partial charge is 0.243 e. The predicted octanol–water partition coefficient (Wildman–Crippen LogP) is 0.584. The van der Waals surface area contributed by atoms with Gasteiger partial charge >= 0.3 is 0 Å². The summed E-state index contributed by atoms with van der Waals surface area (Å²) in [5.74, 6) is 2.75. The van der Waals surface area contributed by atoms with E-state index >= 15 is 0 Å². The van der Waals surface area contributed by atoms with Crippen LogP contribution in [0.4, 0.5) is 5.82 Å². The first-order valence-electron chi connectivity index (χ1n) is 4.31. The topological polar surface area (TPSA) is 67.2 Å². The number of amides is 1. The number of rotatable bonds is 2. The molecular weight excluding hydrogens is 202 g/mol. The maximum Gasteiger partial charge on any atom is 0.243 e. The summed E-state index contributed by atoms with van der Waals surface area (Å²) in [4.78, 5) is 11.6. The highest BCUT2D eigenvalue weighted by Gasteiger charge is 2.22. The first kappa shape index (κ1) is 9.54. The van der Waals surface area contributed by atoms with Crippen LogP contribution in [-0.2, 0) is 4.79 Å². The zero-order chi connectivity index (χ0) is 9.97. The van der Waals surface area contributed by atoms with Gasteiger partial charge in [-0.2, -0.15) is 0 Å². The van der Waals surface area contributed by atoms with Crippen LogP contribution < -0.4 is 10.6 Å². The Morgan fingerprint density at radius 2 is 2.71 bits per heavy atom. The third-order valence-electron chi connectivity index (χ3n) is 1.91. The molecule has 0 spiro atoms. The molecule has 76 valence electrons. The molecule has 1 saturated heterocycles. The van der Waals surface area contributed by atoms with E-state index in [2.05, 4.69) is 15.8 Å². The van der Waals surface area contributed by atoms with Gasteiger partial charge in [-0.1, -0.05) is 5.16 Å². The Morgan fingerprint density at radius 1 is 1.86 bits per heavy atom. The Balaban J connectivity index is 1.93. The summed E-state index contributed by atoms with van der Waals surface area (Å²) in [5, 5.41) is 9.45. The minimum Gasteiger partial charge on any atom is -0.360 e. The standard InChI is InChI=1S/C8H11N3O2S/c1-5-2-7(11-13-5)10-8(12)6-3-14-4-9-6/h2,6,9H,3-4H2,1H3,(H,10,11,12)/t6-/m1/s1. The molecule has 1 aromatic rings. The van der Waals surface area contributed by atoms with Crippen LogP contribution in [0.15, 0.2) is 10.6 Å². The molecular formula is C8H11N3O2S. The second kappa shape index (κ2) is 4.02. The number of hydrogen-bond donors (Lipinski definition) is 2. The number of aryl methyl sites for hydroxylation is 1. The highest BCUT2D eigenvalue weighted by Crippen LogP contribution is 2.12. The van der Waals surface area contributed by atoms with Gasteiger partial charge in [0.2, 0.25) is 5.91 Å². The van der Waals surface area contributed by atoms with Crippen molar-refractivity contribution in [1.82, 2.24) is 10.5 Å². The molecule has 0 saturated carbocycles. The fourth-order valence-corrected chi connectivity index (χ4v) is 2.14. The van der Waals surface area contributed by atoms with Crippen LogP contribution in [0.3, 0.4) is 0 Å². The minimum absolute atomic E-state index is 0.0525. The van der Waals surface area contributed by atoms with Gasteiger partial charge in [0.05, 0.1) is 6.04 Å². The fraction of sp³-hybridized carbons (Fsp3) is 0.500. The summed E-state index contributed by atoms with van der Waals surface area (Å²) in [7, 11) is 0. The number of thioether (sulfide) groups is 1. The molecule has 1 amide bonds. The molecule has 0 radical (unpaired) electrons. The molecule has 14 heavy (non-hydrogen) atoms. The summed E-state index contributed by atoms with van der Waals surface area (Å²) < 4.78 is 4.84. The van der Waals surface area contributed by atoms with Gasteiger partial charge in [0.15, 0.2) is 5.82 Å². The van der Waals surface area contributed by atoms with E-state index in [9.17, 15) is 4.79 Å². The zero-order valence-electron chi connectivity index (χ0n) is 7.74. The summed E-state index contributed by atoms with van der Waals surface area (Å²) in [6.07, 6.45) is 0. The molecule has 1 fully saturated rings. The second-order valence-corrected chi connectivity index (χ2v) is 4.11. The van der Waals surface area contributed by atoms with E-state index in [0.29, 0.717) is 11.6 Å². The normalized spacial score (nSPS) is 21.1. The lowest BCUT2D eigenvalue weighted by Crippen LogP contribution is -2.37. The summed E-state index contributed by atoms with van der Waals surface area (Å²) in [6, 6.07) is 1.58. The molecule has 2 heterocycles. The molecule has 2 rings (SSSR count). The monoisotopic (exact) mass is 213 g/mol. The van der Waals surface area contributed by atoms with Crippen LogP contribution in [-0.4, -0.2) is 28.7 Å². The molecule has 0 bridgehead atoms. The highest BCUT2D eigenvalue weighted by atomic mass is 32.2. The van der Waals surface area contributed by atoms with Crippen LogP contribution in [0.25, 0.3) is 0 Å². The molecule has 1 aliphatic rings. The van der Waals surface area contributed by atoms with Crippen molar-refractivity contribution in [3.8, 4) is 0 Å². The van der Waals surface area contributed by atoms with Crippen LogP contribution in [0.1, 0.15) is 5.76 Å². The molecule has 1 aliphatic heterocycles. The molecule has 0 aliphatic carbocycles. The largest absolute Gasteiger partial charge is 0.360 e. The van der Waals surface area contributed by atoms with E-state index in [4.69, 9.17) is 4.52 Å². The lowest BCUT2D eigenvalue weighted by molar-refractivity contribution is -0.117. The van der Waals surface area contributed by atoms with Gasteiger partial charge in [-0.15, -0.1) is 11.8 Å². The van der Waals surface area contributed by atoms with E-state index in [-0.39, 0.29) is 11.9 Å². The van der Waals surface area contributed by atoms with Crippen molar-refractivity contribution in [2.45, 2.75) is 13.0 Å². The minimum atomic E-state index is -0.114. The van der Waals surface area contributed by atoms with E-state index in [1.165, 1.54) is 0 Å². The van der Waals surface area contributed by atoms with Gasteiger partial charge in [-0.25, -0.2) is 0 Å². The predicted molar refractivity (Wildman–Crippen MR) is 54.1 cm³/mol. The van der Waals surface area contributed by atoms with Crippen molar-refractivity contribution >= 4 is 23.5 Å².